The van der Waals surface area contributed by atoms with Crippen LogP contribution >= 0.6 is 0 Å². The van der Waals surface area contributed by atoms with Gasteiger partial charge in [0.2, 0.25) is 0 Å². The summed E-state index contributed by atoms with van der Waals surface area (Å²) in [5.74, 6) is 0. The highest BCUT2D eigenvalue weighted by Crippen LogP contribution is 2.37. The van der Waals surface area contributed by atoms with Gasteiger partial charge in [-0.05, 0) is 91.3 Å². The molecule has 7 aromatic rings. The Hall–Kier alpha value is -5.14. The lowest BCUT2D eigenvalue weighted by atomic mass is 9.90. The lowest BCUT2D eigenvalue weighted by molar-refractivity contribution is 1.53. The number of anilines is 2. The van der Waals surface area contributed by atoms with Crippen LogP contribution in [0.4, 0.5) is 11.4 Å². The number of hydrogen-bond acceptors (Lipinski definition) is 1. The molecule has 7 rings (SSSR count). The van der Waals surface area contributed by atoms with Gasteiger partial charge in [0.15, 0.2) is 0 Å². The normalized spacial score (nSPS) is 11.1. The molecule has 0 saturated carbocycles. The molecular formula is C38H27N. The van der Waals surface area contributed by atoms with Gasteiger partial charge in [0.25, 0.3) is 0 Å². The molecule has 0 aliphatic rings. The summed E-state index contributed by atoms with van der Waals surface area (Å²) >= 11 is 0. The van der Waals surface area contributed by atoms with Crippen molar-refractivity contribution in [3.63, 3.8) is 0 Å². The first kappa shape index (κ1) is 23.0. The quantitative estimate of drug-likeness (QED) is 0.249. The molecule has 0 amide bonds. The molecule has 0 spiro atoms. The van der Waals surface area contributed by atoms with Crippen molar-refractivity contribution >= 4 is 32.9 Å². The molecular weight excluding hydrogens is 470 g/mol. The zero-order chi connectivity index (χ0) is 26.0. The molecule has 0 atom stereocenters. The van der Waals surface area contributed by atoms with Gasteiger partial charge >= 0.3 is 0 Å². The van der Waals surface area contributed by atoms with E-state index in [-0.39, 0.29) is 0 Å². The Kier molecular flexibility index (Phi) is 5.88. The first-order valence-electron chi connectivity index (χ1n) is 13.4. The minimum atomic E-state index is 1.07. The van der Waals surface area contributed by atoms with Crippen LogP contribution in [0.2, 0.25) is 0 Å². The first-order valence-corrected chi connectivity index (χ1v) is 13.4. The zero-order valence-electron chi connectivity index (χ0n) is 21.5. The predicted octanol–water partition coefficient (Wildman–Crippen LogP) is 10.7. The van der Waals surface area contributed by atoms with Gasteiger partial charge in [-0.2, -0.15) is 0 Å². The summed E-state index contributed by atoms with van der Waals surface area (Å²) in [5, 5.41) is 8.61. The van der Waals surface area contributed by atoms with Gasteiger partial charge in [-0.1, -0.05) is 121 Å². The average Bonchev–Trinajstić information content (AvgIpc) is 3.01. The highest BCUT2D eigenvalue weighted by atomic mass is 14.9. The molecule has 0 saturated heterocycles. The summed E-state index contributed by atoms with van der Waals surface area (Å²) in [6, 6.07) is 56.3. The summed E-state index contributed by atoms with van der Waals surface area (Å²) in [5.41, 5.74) is 9.54. The third-order valence-corrected chi connectivity index (χ3v) is 7.44. The van der Waals surface area contributed by atoms with E-state index in [2.05, 4.69) is 157 Å². The maximum absolute atomic E-state index is 3.55. The molecule has 0 bridgehead atoms. The first-order chi connectivity index (χ1) is 19.3. The van der Waals surface area contributed by atoms with E-state index < -0.39 is 0 Å². The molecule has 1 nitrogen and oxygen atoms in total. The van der Waals surface area contributed by atoms with E-state index in [9.17, 15) is 0 Å². The number of benzene rings is 7. The molecule has 0 fully saturated rings. The summed E-state index contributed by atoms with van der Waals surface area (Å²) in [4.78, 5) is 0. The maximum Gasteiger partial charge on any atom is 0.0384 e. The fourth-order valence-corrected chi connectivity index (χ4v) is 5.45. The van der Waals surface area contributed by atoms with Crippen molar-refractivity contribution in [1.29, 1.82) is 0 Å². The van der Waals surface area contributed by atoms with E-state index in [4.69, 9.17) is 0 Å². The summed E-state index contributed by atoms with van der Waals surface area (Å²) < 4.78 is 0. The van der Waals surface area contributed by atoms with Gasteiger partial charge in [-0.3, -0.25) is 0 Å². The maximum atomic E-state index is 3.55. The van der Waals surface area contributed by atoms with Crippen LogP contribution in [0, 0.1) is 0 Å². The van der Waals surface area contributed by atoms with Gasteiger partial charge in [0, 0.05) is 11.4 Å². The van der Waals surface area contributed by atoms with Crippen LogP contribution in [0.3, 0.4) is 0 Å². The smallest absolute Gasteiger partial charge is 0.0384 e. The Morgan fingerprint density at radius 2 is 0.821 bits per heavy atom. The SMILES string of the molecule is c1ccc(-c2ccc(Nc3ccc(-c4cc(-c5cccc6ccccc56)c5ccccc5c4)cc3)cc2)cc1. The Morgan fingerprint density at radius 3 is 1.51 bits per heavy atom. The number of hydrogen-bond donors (Lipinski definition) is 1. The summed E-state index contributed by atoms with van der Waals surface area (Å²) in [6.07, 6.45) is 0. The van der Waals surface area contributed by atoms with Crippen molar-refractivity contribution in [1.82, 2.24) is 0 Å². The number of nitrogens with one attached hydrogen (secondary N) is 1. The van der Waals surface area contributed by atoms with Crippen LogP contribution in [0.1, 0.15) is 0 Å². The van der Waals surface area contributed by atoms with Crippen molar-refractivity contribution in [2.75, 3.05) is 5.32 Å². The molecule has 1 heteroatoms. The Labute approximate surface area is 229 Å². The molecule has 0 radical (unpaired) electrons. The van der Waals surface area contributed by atoms with Crippen LogP contribution in [0.5, 0.6) is 0 Å². The second-order valence-electron chi connectivity index (χ2n) is 9.92. The lowest BCUT2D eigenvalue weighted by Crippen LogP contribution is -1.91. The molecule has 0 aromatic heterocycles. The van der Waals surface area contributed by atoms with E-state index in [1.807, 2.05) is 6.07 Å². The predicted molar refractivity (Wildman–Crippen MR) is 167 cm³/mol. The van der Waals surface area contributed by atoms with Crippen molar-refractivity contribution in [3.05, 3.63) is 158 Å². The molecule has 184 valence electrons. The van der Waals surface area contributed by atoms with Gasteiger partial charge < -0.3 is 5.32 Å². The van der Waals surface area contributed by atoms with Gasteiger partial charge in [-0.15, -0.1) is 0 Å². The molecule has 0 aliphatic carbocycles. The largest absolute Gasteiger partial charge is 0.356 e. The lowest BCUT2D eigenvalue weighted by Gasteiger charge is -2.14. The van der Waals surface area contributed by atoms with Gasteiger partial charge in [0.05, 0.1) is 0 Å². The molecule has 0 heterocycles. The average molecular weight is 498 g/mol. The van der Waals surface area contributed by atoms with E-state index >= 15 is 0 Å². The van der Waals surface area contributed by atoms with Crippen LogP contribution in [0.15, 0.2) is 158 Å². The Morgan fingerprint density at radius 1 is 0.308 bits per heavy atom. The topological polar surface area (TPSA) is 12.0 Å². The second kappa shape index (κ2) is 9.96. The van der Waals surface area contributed by atoms with Crippen molar-refractivity contribution in [2.45, 2.75) is 0 Å². The third-order valence-electron chi connectivity index (χ3n) is 7.44. The van der Waals surface area contributed by atoms with Crippen molar-refractivity contribution in [2.24, 2.45) is 0 Å². The van der Waals surface area contributed by atoms with E-state index in [0.717, 1.165) is 11.4 Å². The zero-order valence-corrected chi connectivity index (χ0v) is 21.5. The van der Waals surface area contributed by atoms with Gasteiger partial charge in [-0.25, -0.2) is 0 Å². The van der Waals surface area contributed by atoms with Crippen molar-refractivity contribution in [3.8, 4) is 33.4 Å². The van der Waals surface area contributed by atoms with Crippen LogP contribution in [0.25, 0.3) is 54.9 Å². The molecule has 0 aliphatic heterocycles. The van der Waals surface area contributed by atoms with E-state index in [1.54, 1.807) is 0 Å². The van der Waals surface area contributed by atoms with Gasteiger partial charge in [0.1, 0.15) is 0 Å². The Bertz CT molecular complexity index is 1900. The van der Waals surface area contributed by atoms with Crippen molar-refractivity contribution < 1.29 is 0 Å². The number of fused-ring (bicyclic) bond motifs is 2. The third kappa shape index (κ3) is 4.56. The second-order valence-corrected chi connectivity index (χ2v) is 9.92. The minimum absolute atomic E-state index is 1.07. The highest BCUT2D eigenvalue weighted by molar-refractivity contribution is 6.07. The fraction of sp³-hybridized carbons (Fsp3) is 0. The molecule has 1 N–H and O–H groups in total. The molecule has 0 unspecified atom stereocenters. The molecule has 7 aromatic carbocycles. The number of rotatable bonds is 5. The minimum Gasteiger partial charge on any atom is -0.356 e. The molecule has 39 heavy (non-hydrogen) atoms. The summed E-state index contributed by atoms with van der Waals surface area (Å²) in [6.45, 7) is 0. The fourth-order valence-electron chi connectivity index (χ4n) is 5.45. The van der Waals surface area contributed by atoms with Crippen LogP contribution in [-0.2, 0) is 0 Å². The van der Waals surface area contributed by atoms with E-state index in [1.165, 1.54) is 54.9 Å². The highest BCUT2D eigenvalue weighted by Gasteiger charge is 2.11. The summed E-state index contributed by atoms with van der Waals surface area (Å²) in [7, 11) is 0. The van der Waals surface area contributed by atoms with E-state index in [0.29, 0.717) is 0 Å². The van der Waals surface area contributed by atoms with Crippen LogP contribution < -0.4 is 5.32 Å². The Balaban J connectivity index is 1.22. The monoisotopic (exact) mass is 497 g/mol. The standard InChI is InChI=1S/C38H27N/c1-2-9-27(10-3-1)28-17-21-33(22-18-28)39-34-23-19-29(20-24-34)32-25-31-12-5-7-15-36(31)38(26-32)37-16-8-13-30-11-4-6-14-35(30)37/h1-26,39H. The van der Waals surface area contributed by atoms with Crippen LogP contribution in [-0.4, -0.2) is 0 Å².